The number of aliphatic imine (C=N–C) groups is 1. The van der Waals surface area contributed by atoms with Gasteiger partial charge in [-0.25, -0.2) is 9.97 Å². The molecule has 68 heavy (non-hydrogen) atoms. The Bertz CT molecular complexity index is 3090. The fourth-order valence-electron chi connectivity index (χ4n) is 8.94. The molecule has 0 radical (unpaired) electrons. The molecule has 0 saturated heterocycles. The predicted octanol–water partition coefficient (Wildman–Crippen LogP) is 17.5. The van der Waals surface area contributed by atoms with Crippen molar-refractivity contribution in [3.05, 3.63) is 265 Å². The van der Waals surface area contributed by atoms with E-state index in [4.69, 9.17) is 15.0 Å². The average Bonchev–Trinajstić information content (AvgIpc) is 3.43. The first-order valence-corrected chi connectivity index (χ1v) is 23.9. The molecule has 8 aromatic carbocycles. The minimum Gasteiger partial charge on any atom is -0.252 e. The molecule has 0 unspecified atom stereocenters. The fourth-order valence-corrected chi connectivity index (χ4v) is 8.94. The normalized spacial score (nSPS) is 11.7. The van der Waals surface area contributed by atoms with Crippen LogP contribution < -0.4 is 0 Å². The molecular formula is C65H59N3. The van der Waals surface area contributed by atoms with E-state index in [0.29, 0.717) is 5.82 Å². The summed E-state index contributed by atoms with van der Waals surface area (Å²) in [5.74, 6) is 0.706. The van der Waals surface area contributed by atoms with Crippen molar-refractivity contribution in [1.82, 2.24) is 9.97 Å². The van der Waals surface area contributed by atoms with Crippen LogP contribution in [0.25, 0.3) is 67.4 Å². The van der Waals surface area contributed by atoms with Crippen LogP contribution in [0.5, 0.6) is 0 Å². The smallest absolute Gasteiger partial charge is 0.160 e. The van der Waals surface area contributed by atoms with Gasteiger partial charge in [-0.3, -0.25) is 4.99 Å². The van der Waals surface area contributed by atoms with Crippen molar-refractivity contribution >= 4 is 17.0 Å². The molecular weight excluding hydrogens is 823 g/mol. The molecule has 0 spiro atoms. The first-order valence-electron chi connectivity index (χ1n) is 23.9. The van der Waals surface area contributed by atoms with Crippen molar-refractivity contribution in [2.24, 2.45) is 4.99 Å². The SMILES string of the molecule is C=C(/C=C(\N=C(C)c1ccccc1)c1ccc(C(CC)(CC)c2ccc(-c3cc(-c4ccc(-c5ccccc5)cc4)nc(-c4ccccc4)n3)cc2)cc1)c1ccc(-c2ccccc2)cc1.CC. The summed E-state index contributed by atoms with van der Waals surface area (Å²) in [6, 6.07) is 79.0. The molecule has 1 aromatic heterocycles. The number of hydrogen-bond acceptors (Lipinski definition) is 3. The highest BCUT2D eigenvalue weighted by Crippen LogP contribution is 2.41. The molecule has 0 aliphatic carbocycles. The molecule has 0 bridgehead atoms. The number of hydrogen-bond donors (Lipinski definition) is 0. The highest BCUT2D eigenvalue weighted by molar-refractivity contribution is 6.02. The van der Waals surface area contributed by atoms with Crippen molar-refractivity contribution in [2.45, 2.75) is 52.9 Å². The maximum atomic E-state index is 5.25. The Balaban J connectivity index is 0.00000308. The third kappa shape index (κ3) is 10.5. The second-order valence-electron chi connectivity index (χ2n) is 16.8. The largest absolute Gasteiger partial charge is 0.252 e. The van der Waals surface area contributed by atoms with Gasteiger partial charge in [-0.05, 0) is 82.0 Å². The maximum Gasteiger partial charge on any atom is 0.160 e. The van der Waals surface area contributed by atoms with Crippen LogP contribution in [0.15, 0.2) is 242 Å². The molecule has 0 N–H and O–H groups in total. The molecule has 334 valence electrons. The summed E-state index contributed by atoms with van der Waals surface area (Å²) >= 11 is 0. The van der Waals surface area contributed by atoms with E-state index in [1.807, 2.05) is 50.2 Å². The van der Waals surface area contributed by atoms with E-state index in [1.54, 1.807) is 0 Å². The van der Waals surface area contributed by atoms with Crippen LogP contribution in [0, 0.1) is 0 Å². The average molecular weight is 882 g/mol. The molecule has 0 amide bonds. The van der Waals surface area contributed by atoms with E-state index in [0.717, 1.165) is 74.6 Å². The second kappa shape index (κ2) is 22.0. The zero-order chi connectivity index (χ0) is 47.3. The van der Waals surface area contributed by atoms with Gasteiger partial charge in [0.2, 0.25) is 0 Å². The van der Waals surface area contributed by atoms with Gasteiger partial charge >= 0.3 is 0 Å². The minimum absolute atomic E-state index is 0.194. The third-order valence-electron chi connectivity index (χ3n) is 12.9. The van der Waals surface area contributed by atoms with Crippen molar-refractivity contribution in [1.29, 1.82) is 0 Å². The summed E-state index contributed by atoms with van der Waals surface area (Å²) in [5, 5.41) is 0. The van der Waals surface area contributed by atoms with E-state index in [1.165, 1.54) is 33.4 Å². The Hall–Kier alpha value is -8.01. The van der Waals surface area contributed by atoms with Crippen molar-refractivity contribution in [3.8, 4) is 56.2 Å². The Labute approximate surface area is 404 Å². The van der Waals surface area contributed by atoms with Gasteiger partial charge in [-0.15, -0.1) is 0 Å². The molecule has 0 aliphatic heterocycles. The van der Waals surface area contributed by atoms with Gasteiger partial charge in [-0.2, -0.15) is 0 Å². The van der Waals surface area contributed by atoms with Crippen LogP contribution in [-0.4, -0.2) is 15.7 Å². The molecule has 0 saturated carbocycles. The first kappa shape index (κ1) is 46.5. The quantitative estimate of drug-likeness (QED) is 0.0806. The third-order valence-corrected chi connectivity index (χ3v) is 12.9. The number of allylic oxidation sites excluding steroid dienone is 2. The lowest BCUT2D eigenvalue weighted by Crippen LogP contribution is -2.26. The van der Waals surface area contributed by atoms with Gasteiger partial charge in [0.15, 0.2) is 5.82 Å². The summed E-state index contributed by atoms with van der Waals surface area (Å²) in [6.07, 6.45) is 4.01. The Kier molecular flexibility index (Phi) is 15.0. The Morgan fingerprint density at radius 3 is 1.28 bits per heavy atom. The highest BCUT2D eigenvalue weighted by Gasteiger charge is 2.31. The molecule has 9 rings (SSSR count). The molecule has 1 heterocycles. The molecule has 9 aromatic rings. The second-order valence-corrected chi connectivity index (χ2v) is 16.8. The summed E-state index contributed by atoms with van der Waals surface area (Å²) in [6.45, 7) is 15.2. The van der Waals surface area contributed by atoms with Crippen LogP contribution >= 0.6 is 0 Å². The standard InChI is InChI=1S/C63H53N3.C2H6/c1-5-63(6-2,57-39-35-54(36-40-57)59(64-46(4)48-19-11-7-12-20-48)43-45(3)47-27-29-51(30-28-47)49-21-13-8-14-22-49)58-41-37-55(38-42-58)61-44-60(65-62(66-61)56-25-17-10-18-26-56)53-33-31-52(32-34-53)50-23-15-9-16-24-50;1-2/h7-44H,3,5-6H2,1-2,4H3;1-2H3/b59-43-,64-46?;. The van der Waals surface area contributed by atoms with E-state index in [9.17, 15) is 0 Å². The number of aromatic nitrogens is 2. The van der Waals surface area contributed by atoms with Gasteiger partial charge < -0.3 is 0 Å². The van der Waals surface area contributed by atoms with Gasteiger partial charge in [-0.1, -0.05) is 253 Å². The maximum absolute atomic E-state index is 5.25. The first-order chi connectivity index (χ1) is 33.4. The van der Waals surface area contributed by atoms with E-state index < -0.39 is 0 Å². The zero-order valence-electron chi connectivity index (χ0n) is 39.9. The molecule has 0 atom stereocenters. The summed E-state index contributed by atoms with van der Waals surface area (Å²) in [7, 11) is 0. The lowest BCUT2D eigenvalue weighted by atomic mass is 9.70. The number of benzene rings is 8. The minimum atomic E-state index is -0.194. The van der Waals surface area contributed by atoms with Crippen LogP contribution in [0.4, 0.5) is 0 Å². The fraction of sp³-hybridized carbons (Fsp3) is 0.123. The lowest BCUT2D eigenvalue weighted by molar-refractivity contribution is 0.478. The summed E-state index contributed by atoms with van der Waals surface area (Å²) in [5.41, 5.74) is 17.9. The summed E-state index contributed by atoms with van der Waals surface area (Å²) in [4.78, 5) is 15.5. The Morgan fingerprint density at radius 2 is 0.809 bits per heavy atom. The van der Waals surface area contributed by atoms with Gasteiger partial charge in [0.05, 0.1) is 17.1 Å². The van der Waals surface area contributed by atoms with Crippen LogP contribution in [-0.2, 0) is 5.41 Å². The van der Waals surface area contributed by atoms with Crippen LogP contribution in [0.2, 0.25) is 0 Å². The van der Waals surface area contributed by atoms with Gasteiger partial charge in [0.1, 0.15) is 0 Å². The topological polar surface area (TPSA) is 38.1 Å². The van der Waals surface area contributed by atoms with Gasteiger partial charge in [0.25, 0.3) is 0 Å². The lowest BCUT2D eigenvalue weighted by Gasteiger charge is -2.33. The molecule has 0 fully saturated rings. The zero-order valence-corrected chi connectivity index (χ0v) is 39.9. The monoisotopic (exact) mass is 881 g/mol. The van der Waals surface area contributed by atoms with E-state index in [2.05, 4.69) is 221 Å². The highest BCUT2D eigenvalue weighted by atomic mass is 14.9. The number of nitrogens with zero attached hydrogens (tertiary/aromatic N) is 3. The van der Waals surface area contributed by atoms with Gasteiger partial charge in [0, 0.05) is 33.4 Å². The van der Waals surface area contributed by atoms with Crippen LogP contribution in [0.3, 0.4) is 0 Å². The predicted molar refractivity (Wildman–Crippen MR) is 290 cm³/mol. The molecule has 0 aliphatic rings. The van der Waals surface area contributed by atoms with Crippen molar-refractivity contribution in [2.75, 3.05) is 0 Å². The molecule has 3 heteroatoms. The Morgan fingerprint density at radius 1 is 0.441 bits per heavy atom. The molecule has 3 nitrogen and oxygen atoms in total. The summed E-state index contributed by atoms with van der Waals surface area (Å²) < 4.78 is 0. The van der Waals surface area contributed by atoms with Crippen LogP contribution in [0.1, 0.15) is 75.3 Å². The number of rotatable bonds is 14. The van der Waals surface area contributed by atoms with Crippen molar-refractivity contribution < 1.29 is 0 Å². The van der Waals surface area contributed by atoms with E-state index in [-0.39, 0.29) is 5.41 Å². The van der Waals surface area contributed by atoms with Crippen molar-refractivity contribution in [3.63, 3.8) is 0 Å². The van der Waals surface area contributed by atoms with E-state index >= 15 is 0 Å².